The first-order valence-corrected chi connectivity index (χ1v) is 24.3. The molecule has 10 heteroatoms. The Hall–Kier alpha value is -5.09. The number of aromatic amines is 3. The number of esters is 2. The molecule has 0 spiro atoms. The molecular weight excluding hydrogens is 813 g/mol. The van der Waals surface area contributed by atoms with Crippen LogP contribution in [0.3, 0.4) is 0 Å². The number of aliphatic hydroxyl groups is 1. The van der Waals surface area contributed by atoms with Gasteiger partial charge in [-0.3, -0.25) is 14.4 Å². The molecule has 352 valence electrons. The van der Waals surface area contributed by atoms with Crippen molar-refractivity contribution in [3.05, 3.63) is 96.5 Å². The van der Waals surface area contributed by atoms with Crippen molar-refractivity contribution in [1.82, 2.24) is 20.3 Å². The first-order chi connectivity index (χ1) is 31.0. The molecule has 0 saturated carbocycles. The van der Waals surface area contributed by atoms with Crippen LogP contribution in [0, 0.1) is 56.3 Å². The molecule has 1 aliphatic carbocycles. The van der Waals surface area contributed by atoms with Gasteiger partial charge >= 0.3 is 11.9 Å². The summed E-state index contributed by atoms with van der Waals surface area (Å²) in [5.74, 6) is -0.840. The van der Waals surface area contributed by atoms with Gasteiger partial charge in [0.1, 0.15) is 12.5 Å². The van der Waals surface area contributed by atoms with Gasteiger partial charge in [-0.15, -0.1) is 0 Å². The van der Waals surface area contributed by atoms with Crippen molar-refractivity contribution < 1.29 is 29.0 Å². The molecule has 0 aromatic carbocycles. The van der Waals surface area contributed by atoms with Crippen LogP contribution in [0.5, 0.6) is 0 Å². The topological polar surface area (TPSA) is 149 Å². The Kier molecular flexibility index (Phi) is 16.3. The largest absolute Gasteiger partial charge is 0.468 e. The molecule has 10 nitrogen and oxygen atoms in total. The van der Waals surface area contributed by atoms with Crippen molar-refractivity contribution in [2.45, 2.75) is 146 Å². The van der Waals surface area contributed by atoms with Gasteiger partial charge in [0.2, 0.25) is 0 Å². The van der Waals surface area contributed by atoms with Crippen LogP contribution in [-0.4, -0.2) is 57.6 Å². The zero-order chi connectivity index (χ0) is 47.3. The summed E-state index contributed by atoms with van der Waals surface area (Å²) in [6.45, 7) is 25.8. The van der Waals surface area contributed by atoms with Crippen LogP contribution in [-0.2, 0) is 25.5 Å². The van der Waals surface area contributed by atoms with E-state index in [1.807, 2.05) is 26.0 Å². The molecule has 65 heavy (non-hydrogen) atoms. The van der Waals surface area contributed by atoms with E-state index >= 15 is 0 Å². The van der Waals surface area contributed by atoms with Crippen LogP contribution in [0.25, 0.3) is 29.9 Å². The predicted molar refractivity (Wildman–Crippen MR) is 263 cm³/mol. The number of methoxy groups -OCH3 is 1. The number of ether oxygens (including phenoxy) is 2. The molecule has 2 aliphatic heterocycles. The number of hydrogen-bond donors (Lipinski definition) is 5. The maximum absolute atomic E-state index is 14.4. The smallest absolute Gasteiger partial charge is 0.321 e. The average molecular weight is 889 g/mol. The number of Topliss-reactive ketones (excluding diaryl/α,β-unsaturated/α-hetero) is 1. The van der Waals surface area contributed by atoms with E-state index in [2.05, 4.69) is 100 Å². The molecule has 3 aliphatic rings. The molecule has 0 radical (unpaired) electrons. The second-order valence-corrected chi connectivity index (χ2v) is 19.9. The number of aromatic nitrogens is 3. The molecule has 6 rings (SSSR count). The lowest BCUT2D eigenvalue weighted by Crippen LogP contribution is -2.25. The van der Waals surface area contributed by atoms with Crippen molar-refractivity contribution in [3.8, 4) is 0 Å². The summed E-state index contributed by atoms with van der Waals surface area (Å²) in [6.07, 6.45) is 19.8. The first-order valence-electron chi connectivity index (χ1n) is 24.3. The number of allylic oxidation sites excluding steroid dienone is 2. The van der Waals surface area contributed by atoms with Crippen molar-refractivity contribution in [1.29, 1.82) is 0 Å². The van der Waals surface area contributed by atoms with E-state index in [4.69, 9.17) is 9.47 Å². The third-order valence-electron chi connectivity index (χ3n) is 14.5. The molecule has 8 bridgehead atoms. The molecular formula is C55H76N4O6. The lowest BCUT2D eigenvalue weighted by Gasteiger charge is -2.19. The zero-order valence-electron chi connectivity index (χ0n) is 41.1. The second-order valence-electron chi connectivity index (χ2n) is 19.9. The van der Waals surface area contributed by atoms with Crippen LogP contribution in [0.4, 0.5) is 0 Å². The summed E-state index contributed by atoms with van der Waals surface area (Å²) >= 11 is 0. The molecule has 6 atom stereocenters. The Labute approximate surface area is 387 Å². The number of aliphatic hydroxyl groups excluding tert-OH is 1. The highest BCUT2D eigenvalue weighted by atomic mass is 16.5. The monoisotopic (exact) mass is 889 g/mol. The molecule has 5 N–H and O–H groups in total. The van der Waals surface area contributed by atoms with Gasteiger partial charge in [0.05, 0.1) is 18.9 Å². The Morgan fingerprint density at radius 2 is 1.57 bits per heavy atom. The van der Waals surface area contributed by atoms with Crippen LogP contribution >= 0.6 is 0 Å². The highest BCUT2D eigenvalue weighted by Gasteiger charge is 2.48. The van der Waals surface area contributed by atoms with Gasteiger partial charge in [-0.2, -0.15) is 0 Å². The van der Waals surface area contributed by atoms with Crippen LogP contribution in [0.2, 0.25) is 0 Å². The molecule has 1 fully saturated rings. The van der Waals surface area contributed by atoms with Crippen molar-refractivity contribution >= 4 is 47.6 Å². The van der Waals surface area contributed by atoms with E-state index in [1.54, 1.807) is 0 Å². The first kappa shape index (κ1) is 49.3. The maximum atomic E-state index is 14.4. The molecule has 1 saturated heterocycles. The second kappa shape index (κ2) is 21.5. The minimum absolute atomic E-state index is 0.119. The molecule has 3 aromatic heterocycles. The summed E-state index contributed by atoms with van der Waals surface area (Å²) < 4.78 is 11.1. The Bertz CT molecular complexity index is 2490. The number of ketones is 1. The highest BCUT2D eigenvalue weighted by molar-refractivity contribution is 6.24. The highest BCUT2D eigenvalue weighted by Crippen LogP contribution is 2.48. The lowest BCUT2D eigenvalue weighted by atomic mass is 9.85. The Balaban J connectivity index is 1.22. The van der Waals surface area contributed by atoms with E-state index in [0.29, 0.717) is 35.6 Å². The summed E-state index contributed by atoms with van der Waals surface area (Å²) in [5.41, 5.74) is 12.0. The minimum atomic E-state index is -1.16. The quantitative estimate of drug-likeness (QED) is 0.0431. The van der Waals surface area contributed by atoms with Gasteiger partial charge < -0.3 is 34.8 Å². The van der Waals surface area contributed by atoms with Gasteiger partial charge in [0.15, 0.2) is 5.78 Å². The van der Waals surface area contributed by atoms with E-state index in [-0.39, 0.29) is 36.6 Å². The number of nitrogens with one attached hydrogen (secondary N) is 4. The third kappa shape index (κ3) is 11.0. The molecule has 0 amide bonds. The molecule has 5 heterocycles. The summed E-state index contributed by atoms with van der Waals surface area (Å²) in [5, 5.41) is 16.5. The van der Waals surface area contributed by atoms with E-state index in [0.717, 1.165) is 98.1 Å². The summed E-state index contributed by atoms with van der Waals surface area (Å²) in [4.78, 5) is 52.4. The van der Waals surface area contributed by atoms with Crippen molar-refractivity contribution in [2.24, 2.45) is 35.5 Å². The van der Waals surface area contributed by atoms with Crippen LogP contribution < -0.4 is 16.0 Å². The number of hydrogen-bond acceptors (Lipinski definition) is 7. The fourth-order valence-corrected chi connectivity index (χ4v) is 10.6. The molecule has 0 unspecified atom stereocenters. The fraction of sp³-hybridized carbons (Fsp3) is 0.545. The lowest BCUT2D eigenvalue weighted by molar-refractivity contribution is -0.143. The fourth-order valence-electron chi connectivity index (χ4n) is 10.6. The number of rotatable bonds is 20. The normalized spacial score (nSPS) is 22.4. The van der Waals surface area contributed by atoms with Gasteiger partial charge in [-0.25, -0.2) is 0 Å². The number of fused-ring (bicyclic) bond motifs is 7. The number of carbonyl (C=O) groups excluding carboxylic acids is 3. The van der Waals surface area contributed by atoms with Gasteiger partial charge in [0, 0.05) is 74.1 Å². The van der Waals surface area contributed by atoms with E-state index in [9.17, 15) is 19.5 Å². The molecule has 3 aromatic rings. The average Bonchev–Trinajstić information content (AvgIpc) is 3.99. The van der Waals surface area contributed by atoms with Crippen molar-refractivity contribution in [3.63, 3.8) is 0 Å². The van der Waals surface area contributed by atoms with Crippen LogP contribution in [0.15, 0.2) is 29.6 Å². The predicted octanol–water partition coefficient (Wildman–Crippen LogP) is 10.0. The van der Waals surface area contributed by atoms with Gasteiger partial charge in [-0.1, -0.05) is 98.3 Å². The summed E-state index contributed by atoms with van der Waals surface area (Å²) in [7, 11) is 1.31. The number of H-pyrrole nitrogens is 3. The minimum Gasteiger partial charge on any atom is -0.468 e. The van der Waals surface area contributed by atoms with Crippen molar-refractivity contribution in [2.75, 3.05) is 13.7 Å². The van der Waals surface area contributed by atoms with Gasteiger partial charge in [0.25, 0.3) is 0 Å². The zero-order valence-corrected chi connectivity index (χ0v) is 41.1. The van der Waals surface area contributed by atoms with E-state index in [1.165, 1.54) is 44.8 Å². The standard InChI is InChI=1S/C55H76N4O6/c1-13-39-34(8)42-27-44-36(10)41(21-22-48(61)65-24-23-33(7)26-38(60)25-32(6)20-16-19-31(5)18-15-17-30(3)4)52(58-44)50-51(55(63)64-12)54(62)49-37(11)45(59-53(49)50)29-47-40(14-2)35(9)43(57-47)28-46(39)56-42/h13,23,27-32,36,38,41,51,56-60H,1,14-22,24-26H2,2-12H3/b33-23+,43-28-,44-27-,47-29-,52-50-/t31-,32-,36+,38+,41+,51-/m1/s1. The summed E-state index contributed by atoms with van der Waals surface area (Å²) in [6, 6.07) is 0. The number of carbonyl (C=O) groups is 3. The Morgan fingerprint density at radius 1 is 0.892 bits per heavy atom. The SMILES string of the molecule is C=Cc1c2[nH]c(c1C)/C=C1\N/C(=C3\c4[nH]c(c(C)c4C(=O)[C@@H]3C(=O)OC)/C=c3\[nH]/c(c(C)c3CC)=C\2)[C@@H](CCC(=O)OC/C=C(\C)C[C@@H](O)C[C@H](C)CCC[C@H](C)CCCC(C)C)[C@@H]1C. The maximum Gasteiger partial charge on any atom is 0.321 e. The third-order valence-corrected chi connectivity index (χ3v) is 14.5. The van der Waals surface area contributed by atoms with Gasteiger partial charge in [-0.05, 0) is 118 Å². The van der Waals surface area contributed by atoms with E-state index < -0.39 is 18.0 Å². The Morgan fingerprint density at radius 3 is 2.25 bits per heavy atom. The van der Waals surface area contributed by atoms with Crippen LogP contribution in [0.1, 0.15) is 174 Å².